The van der Waals surface area contributed by atoms with E-state index >= 15 is 0 Å². The van der Waals surface area contributed by atoms with Crippen LogP contribution in [0.25, 0.3) is 0 Å². The van der Waals surface area contributed by atoms with Gasteiger partial charge < -0.3 is 10.4 Å². The van der Waals surface area contributed by atoms with E-state index in [9.17, 15) is 14.4 Å². The molecule has 1 amide bonds. The van der Waals surface area contributed by atoms with Crippen molar-refractivity contribution in [1.29, 1.82) is 0 Å². The summed E-state index contributed by atoms with van der Waals surface area (Å²) in [4.78, 5) is 33.3. The molecule has 1 aromatic carbocycles. The zero-order valence-corrected chi connectivity index (χ0v) is 9.53. The van der Waals surface area contributed by atoms with Crippen molar-refractivity contribution in [3.8, 4) is 0 Å². The van der Waals surface area contributed by atoms with Crippen LogP contribution < -0.4 is 5.32 Å². The second-order valence-corrected chi connectivity index (χ2v) is 4.65. The maximum Gasteiger partial charge on any atom is 0.310 e. The number of carboxylic acids is 1. The molecule has 5 nitrogen and oxygen atoms in total. The van der Waals surface area contributed by atoms with Gasteiger partial charge in [0.1, 0.15) is 6.42 Å². The summed E-state index contributed by atoms with van der Waals surface area (Å²) in [6, 6.07) is 3.72. The number of carboxylic acid groups (broad SMARTS) is 1. The molecule has 92 valence electrons. The molecule has 2 aliphatic carbocycles. The average molecular weight is 245 g/mol. The molecule has 3 rings (SSSR count). The molecule has 0 heterocycles. The van der Waals surface area contributed by atoms with E-state index in [0.717, 1.165) is 12.0 Å². The van der Waals surface area contributed by atoms with Crippen molar-refractivity contribution < 1.29 is 19.5 Å². The Morgan fingerprint density at radius 2 is 2.06 bits per heavy atom. The molecular formula is C13H11NO4. The lowest BCUT2D eigenvalue weighted by atomic mass is 9.99. The third-order valence-electron chi connectivity index (χ3n) is 3.45. The number of hydrogen-bond donors (Lipinski definition) is 2. The molecular weight excluding hydrogens is 234 g/mol. The smallest absolute Gasteiger partial charge is 0.310 e. The van der Waals surface area contributed by atoms with Crippen LogP contribution in [0.3, 0.4) is 0 Å². The van der Waals surface area contributed by atoms with Gasteiger partial charge in [-0.1, -0.05) is 6.07 Å². The van der Waals surface area contributed by atoms with Gasteiger partial charge in [-0.3, -0.25) is 14.4 Å². The van der Waals surface area contributed by atoms with Crippen LogP contribution in [0, 0.1) is 0 Å². The highest BCUT2D eigenvalue weighted by Gasteiger charge is 2.47. The predicted octanol–water partition coefficient (Wildman–Crippen LogP) is 0.462. The molecule has 0 saturated heterocycles. The third kappa shape index (κ3) is 1.59. The lowest BCUT2D eigenvalue weighted by Gasteiger charge is -2.05. The van der Waals surface area contributed by atoms with E-state index in [2.05, 4.69) is 5.32 Å². The number of benzene rings is 1. The fourth-order valence-corrected chi connectivity index (χ4v) is 2.54. The van der Waals surface area contributed by atoms with Crippen LogP contribution in [-0.4, -0.2) is 29.3 Å². The largest absolute Gasteiger partial charge is 0.481 e. The van der Waals surface area contributed by atoms with Gasteiger partial charge in [-0.25, -0.2) is 0 Å². The lowest BCUT2D eigenvalue weighted by Crippen LogP contribution is -2.30. The Kier molecular flexibility index (Phi) is 2.23. The topological polar surface area (TPSA) is 83.5 Å². The second kappa shape index (κ2) is 3.66. The van der Waals surface area contributed by atoms with Crippen LogP contribution >= 0.6 is 0 Å². The Balaban J connectivity index is 1.61. The average Bonchev–Trinajstić information content (AvgIpc) is 2.92. The highest BCUT2D eigenvalue weighted by molar-refractivity contribution is 6.03. The van der Waals surface area contributed by atoms with Crippen molar-refractivity contribution in [2.45, 2.75) is 18.8 Å². The van der Waals surface area contributed by atoms with E-state index in [1.165, 1.54) is 11.1 Å². The Morgan fingerprint density at radius 3 is 2.78 bits per heavy atom. The van der Waals surface area contributed by atoms with E-state index in [1.807, 2.05) is 6.07 Å². The summed E-state index contributed by atoms with van der Waals surface area (Å²) in [6.07, 6.45) is 0.468. The van der Waals surface area contributed by atoms with Crippen molar-refractivity contribution in [2.24, 2.45) is 0 Å². The molecule has 0 spiro atoms. The Hall–Kier alpha value is -2.17. The first-order valence-corrected chi connectivity index (χ1v) is 5.75. The quantitative estimate of drug-likeness (QED) is 0.738. The van der Waals surface area contributed by atoms with Gasteiger partial charge in [0, 0.05) is 11.5 Å². The summed E-state index contributed by atoms with van der Waals surface area (Å²) in [5.74, 6) is -1.50. The van der Waals surface area contributed by atoms with Crippen LogP contribution in [0.1, 0.15) is 39.4 Å². The minimum absolute atomic E-state index is 0.230. The van der Waals surface area contributed by atoms with Gasteiger partial charge in [0.15, 0.2) is 5.78 Å². The maximum absolute atomic E-state index is 11.8. The molecule has 1 atom stereocenters. The van der Waals surface area contributed by atoms with E-state index < -0.39 is 18.2 Å². The van der Waals surface area contributed by atoms with Crippen LogP contribution in [0.15, 0.2) is 12.1 Å². The minimum atomic E-state index is -1.18. The molecule has 0 fully saturated rings. The van der Waals surface area contributed by atoms with Gasteiger partial charge in [0.05, 0.1) is 6.54 Å². The molecule has 0 saturated carbocycles. The van der Waals surface area contributed by atoms with Gasteiger partial charge in [-0.15, -0.1) is 0 Å². The molecule has 0 bridgehead atoms. The van der Waals surface area contributed by atoms with Gasteiger partial charge >= 0.3 is 5.97 Å². The Morgan fingerprint density at radius 1 is 1.28 bits per heavy atom. The number of carbonyl (C=O) groups excluding carboxylic acids is 2. The van der Waals surface area contributed by atoms with E-state index in [0.29, 0.717) is 11.5 Å². The molecule has 0 aromatic heterocycles. The summed E-state index contributed by atoms with van der Waals surface area (Å²) >= 11 is 0. The highest BCUT2D eigenvalue weighted by atomic mass is 16.4. The monoisotopic (exact) mass is 245 g/mol. The summed E-state index contributed by atoms with van der Waals surface area (Å²) in [5.41, 5.74) is 4.34. The molecule has 1 aromatic rings. The number of hydrogen-bond acceptors (Lipinski definition) is 3. The summed E-state index contributed by atoms with van der Waals surface area (Å²) < 4.78 is 0. The molecule has 0 radical (unpaired) electrons. The Labute approximate surface area is 103 Å². The number of amides is 1. The lowest BCUT2D eigenvalue weighted by molar-refractivity contribution is -0.140. The first-order valence-electron chi connectivity index (χ1n) is 5.75. The SMILES string of the molecule is O=C(O)CC(=O)CNC(=O)c1ccc2c3c1C3C2. The zero-order chi connectivity index (χ0) is 12.9. The number of Topliss-reactive ketones (excluding diaryl/α,β-unsaturated/α-hetero) is 1. The molecule has 18 heavy (non-hydrogen) atoms. The van der Waals surface area contributed by atoms with Gasteiger partial charge in [-0.05, 0) is 29.2 Å². The number of nitrogens with one attached hydrogen (secondary N) is 1. The predicted molar refractivity (Wildman–Crippen MR) is 61.6 cm³/mol. The van der Waals surface area contributed by atoms with Crippen molar-refractivity contribution in [3.05, 3.63) is 34.4 Å². The van der Waals surface area contributed by atoms with E-state index in [-0.39, 0.29) is 12.5 Å². The Bertz CT molecular complexity index is 591. The second-order valence-electron chi connectivity index (χ2n) is 4.65. The van der Waals surface area contributed by atoms with Gasteiger partial charge in [0.2, 0.25) is 0 Å². The first kappa shape index (κ1) is 11.0. The molecule has 1 unspecified atom stereocenters. The van der Waals surface area contributed by atoms with Crippen molar-refractivity contribution in [2.75, 3.05) is 6.54 Å². The van der Waals surface area contributed by atoms with Crippen LogP contribution in [-0.2, 0) is 16.0 Å². The molecule has 0 aliphatic heterocycles. The maximum atomic E-state index is 11.8. The van der Waals surface area contributed by atoms with Crippen molar-refractivity contribution in [3.63, 3.8) is 0 Å². The van der Waals surface area contributed by atoms with E-state index in [4.69, 9.17) is 5.11 Å². The summed E-state index contributed by atoms with van der Waals surface area (Å²) in [6.45, 7) is -0.230. The van der Waals surface area contributed by atoms with E-state index in [1.54, 1.807) is 6.07 Å². The van der Waals surface area contributed by atoms with Crippen LogP contribution in [0.4, 0.5) is 0 Å². The zero-order valence-electron chi connectivity index (χ0n) is 9.53. The summed E-state index contributed by atoms with van der Waals surface area (Å²) in [7, 11) is 0. The van der Waals surface area contributed by atoms with Crippen LogP contribution in [0.5, 0.6) is 0 Å². The van der Waals surface area contributed by atoms with Crippen LogP contribution in [0.2, 0.25) is 0 Å². The fourth-order valence-electron chi connectivity index (χ4n) is 2.54. The minimum Gasteiger partial charge on any atom is -0.481 e. The standard InChI is InChI=1S/C13H11NO4/c15-7(4-10(16)17)5-14-13(18)8-2-1-6-3-9-11(6)12(8)9/h1-2,9H,3-5H2,(H,14,18)(H,16,17). The summed E-state index contributed by atoms with van der Waals surface area (Å²) in [5, 5.41) is 10.9. The normalized spacial score (nSPS) is 17.4. The molecule has 5 heteroatoms. The number of ketones is 1. The fraction of sp³-hybridized carbons (Fsp3) is 0.308. The molecule has 2 aliphatic rings. The number of fused-ring (bicyclic) bond motifs is 1. The van der Waals surface area contributed by atoms with Gasteiger partial charge in [0.25, 0.3) is 5.91 Å². The third-order valence-corrected chi connectivity index (χ3v) is 3.45. The number of aliphatic carboxylic acids is 1. The van der Waals surface area contributed by atoms with Crippen molar-refractivity contribution in [1.82, 2.24) is 5.32 Å². The van der Waals surface area contributed by atoms with Gasteiger partial charge in [-0.2, -0.15) is 0 Å². The molecule has 2 N–H and O–H groups in total. The first-order chi connectivity index (χ1) is 8.58. The highest BCUT2D eigenvalue weighted by Crippen LogP contribution is 2.58. The number of carbonyl (C=O) groups is 3. The van der Waals surface area contributed by atoms with Crippen molar-refractivity contribution >= 4 is 17.7 Å². The number of rotatable bonds is 5.